The molecular formula is C15H15NO3. The third-order valence-corrected chi connectivity index (χ3v) is 2.81. The van der Waals surface area contributed by atoms with E-state index in [1.165, 1.54) is 12.7 Å². The van der Waals surface area contributed by atoms with Gasteiger partial charge in [0.1, 0.15) is 6.42 Å². The Labute approximate surface area is 111 Å². The van der Waals surface area contributed by atoms with Crippen molar-refractivity contribution >= 4 is 28.3 Å². The summed E-state index contributed by atoms with van der Waals surface area (Å²) >= 11 is 0. The Hall–Kier alpha value is -2.36. The average Bonchev–Trinajstić information content (AvgIpc) is 2.38. The number of hydrogen-bond donors (Lipinski definition) is 1. The van der Waals surface area contributed by atoms with Crippen LogP contribution >= 0.6 is 0 Å². The van der Waals surface area contributed by atoms with Crippen molar-refractivity contribution in [3.05, 3.63) is 42.0 Å². The van der Waals surface area contributed by atoms with Crippen LogP contribution in [-0.4, -0.2) is 19.0 Å². The van der Waals surface area contributed by atoms with Crippen molar-refractivity contribution in [3.8, 4) is 0 Å². The summed E-state index contributed by atoms with van der Waals surface area (Å²) in [4.78, 5) is 22.5. The fourth-order valence-electron chi connectivity index (χ4n) is 1.85. The predicted molar refractivity (Wildman–Crippen MR) is 73.9 cm³/mol. The Morgan fingerprint density at radius 2 is 1.79 bits per heavy atom. The Balaban J connectivity index is 2.15. The maximum atomic E-state index is 11.6. The first-order valence-electron chi connectivity index (χ1n) is 5.95. The standard InChI is InChI=1S/C15H15NO3/c1-10-3-4-12-8-13(6-5-11(12)7-10)16-14(17)9-15(18)19-2/h3-8H,9H2,1-2H3,(H,16,17). The molecule has 0 bridgehead atoms. The molecule has 2 aromatic rings. The number of aryl methyl sites for hydroxylation is 1. The lowest BCUT2D eigenvalue weighted by Gasteiger charge is -2.06. The summed E-state index contributed by atoms with van der Waals surface area (Å²) in [5, 5.41) is 4.83. The van der Waals surface area contributed by atoms with E-state index in [2.05, 4.69) is 16.1 Å². The summed E-state index contributed by atoms with van der Waals surface area (Å²) in [5.74, 6) is -0.924. The van der Waals surface area contributed by atoms with Gasteiger partial charge in [-0.25, -0.2) is 0 Å². The smallest absolute Gasteiger partial charge is 0.315 e. The molecule has 0 aliphatic rings. The molecule has 0 radical (unpaired) electrons. The first kappa shape index (κ1) is 13.1. The molecular weight excluding hydrogens is 242 g/mol. The van der Waals surface area contributed by atoms with Gasteiger partial charge in [0.25, 0.3) is 0 Å². The Morgan fingerprint density at radius 3 is 2.53 bits per heavy atom. The van der Waals surface area contributed by atoms with Crippen molar-refractivity contribution < 1.29 is 14.3 Å². The first-order chi connectivity index (χ1) is 9.08. The number of ether oxygens (including phenoxy) is 1. The molecule has 0 fully saturated rings. The molecule has 0 saturated heterocycles. The lowest BCUT2D eigenvalue weighted by Crippen LogP contribution is -2.17. The number of carbonyl (C=O) groups is 2. The summed E-state index contributed by atoms with van der Waals surface area (Å²) < 4.78 is 4.44. The molecule has 0 unspecified atom stereocenters. The van der Waals surface area contributed by atoms with E-state index in [0.717, 1.165) is 10.8 Å². The number of anilines is 1. The second kappa shape index (κ2) is 5.52. The van der Waals surface area contributed by atoms with Gasteiger partial charge in [-0.2, -0.15) is 0 Å². The molecule has 4 nitrogen and oxygen atoms in total. The van der Waals surface area contributed by atoms with E-state index in [1.807, 2.05) is 37.3 Å². The van der Waals surface area contributed by atoms with E-state index in [4.69, 9.17) is 0 Å². The van der Waals surface area contributed by atoms with Gasteiger partial charge >= 0.3 is 5.97 Å². The van der Waals surface area contributed by atoms with Crippen molar-refractivity contribution in [1.29, 1.82) is 0 Å². The number of carbonyl (C=O) groups excluding carboxylic acids is 2. The summed E-state index contributed by atoms with van der Waals surface area (Å²) in [6.07, 6.45) is -0.275. The predicted octanol–water partition coefficient (Wildman–Crippen LogP) is 2.65. The van der Waals surface area contributed by atoms with Gasteiger partial charge in [-0.1, -0.05) is 29.8 Å². The Kier molecular flexibility index (Phi) is 3.80. The van der Waals surface area contributed by atoms with Crippen LogP contribution in [-0.2, 0) is 14.3 Å². The average molecular weight is 257 g/mol. The summed E-state index contributed by atoms with van der Waals surface area (Å²) in [6, 6.07) is 11.7. The van der Waals surface area contributed by atoms with Crippen molar-refractivity contribution in [2.45, 2.75) is 13.3 Å². The molecule has 0 atom stereocenters. The molecule has 0 aliphatic carbocycles. The Morgan fingerprint density at radius 1 is 1.11 bits per heavy atom. The molecule has 0 aliphatic heterocycles. The van der Waals surface area contributed by atoms with Gasteiger partial charge in [-0.3, -0.25) is 9.59 Å². The van der Waals surface area contributed by atoms with Crippen LogP contribution < -0.4 is 5.32 Å². The maximum Gasteiger partial charge on any atom is 0.315 e. The van der Waals surface area contributed by atoms with E-state index < -0.39 is 5.97 Å². The van der Waals surface area contributed by atoms with Gasteiger partial charge < -0.3 is 10.1 Å². The van der Waals surface area contributed by atoms with E-state index in [9.17, 15) is 9.59 Å². The zero-order valence-electron chi connectivity index (χ0n) is 10.9. The molecule has 0 aromatic heterocycles. The number of esters is 1. The fraction of sp³-hybridized carbons (Fsp3) is 0.200. The highest BCUT2D eigenvalue weighted by molar-refractivity contribution is 6.02. The molecule has 4 heteroatoms. The van der Waals surface area contributed by atoms with Gasteiger partial charge in [0.2, 0.25) is 5.91 Å². The molecule has 2 aromatic carbocycles. The maximum absolute atomic E-state index is 11.6. The van der Waals surface area contributed by atoms with Crippen LogP contribution in [0.15, 0.2) is 36.4 Å². The molecule has 19 heavy (non-hydrogen) atoms. The highest BCUT2D eigenvalue weighted by Gasteiger charge is 2.09. The van der Waals surface area contributed by atoms with Gasteiger partial charge in [0.15, 0.2) is 0 Å². The quantitative estimate of drug-likeness (QED) is 0.679. The zero-order chi connectivity index (χ0) is 13.8. The van der Waals surface area contributed by atoms with Crippen molar-refractivity contribution in [1.82, 2.24) is 0 Å². The van der Waals surface area contributed by atoms with Crippen LogP contribution in [0.3, 0.4) is 0 Å². The third-order valence-electron chi connectivity index (χ3n) is 2.81. The van der Waals surface area contributed by atoms with Crippen LogP contribution in [0, 0.1) is 6.92 Å². The normalized spacial score (nSPS) is 10.2. The largest absolute Gasteiger partial charge is 0.469 e. The summed E-state index contributed by atoms with van der Waals surface area (Å²) in [5.41, 5.74) is 1.86. The number of nitrogens with one attached hydrogen (secondary N) is 1. The first-order valence-corrected chi connectivity index (χ1v) is 5.95. The second-order valence-corrected chi connectivity index (χ2v) is 4.37. The van der Waals surface area contributed by atoms with E-state index in [1.54, 1.807) is 0 Å². The second-order valence-electron chi connectivity index (χ2n) is 4.37. The number of fused-ring (bicyclic) bond motifs is 1. The minimum atomic E-state index is -0.547. The van der Waals surface area contributed by atoms with E-state index in [0.29, 0.717) is 5.69 Å². The van der Waals surface area contributed by atoms with E-state index >= 15 is 0 Å². The summed E-state index contributed by atoms with van der Waals surface area (Å²) in [7, 11) is 1.26. The lowest BCUT2D eigenvalue weighted by atomic mass is 10.1. The molecule has 0 spiro atoms. The number of hydrogen-bond acceptors (Lipinski definition) is 3. The van der Waals surface area contributed by atoms with Crippen molar-refractivity contribution in [2.24, 2.45) is 0 Å². The van der Waals surface area contributed by atoms with Crippen molar-refractivity contribution in [3.63, 3.8) is 0 Å². The van der Waals surface area contributed by atoms with Gasteiger partial charge in [0.05, 0.1) is 7.11 Å². The number of amides is 1. The van der Waals surface area contributed by atoms with Crippen LogP contribution in [0.4, 0.5) is 5.69 Å². The highest BCUT2D eigenvalue weighted by Crippen LogP contribution is 2.20. The highest BCUT2D eigenvalue weighted by atomic mass is 16.5. The van der Waals surface area contributed by atoms with Crippen LogP contribution in [0.2, 0.25) is 0 Å². The number of methoxy groups -OCH3 is 1. The van der Waals surface area contributed by atoms with Crippen LogP contribution in [0.1, 0.15) is 12.0 Å². The van der Waals surface area contributed by atoms with Crippen LogP contribution in [0.25, 0.3) is 10.8 Å². The topological polar surface area (TPSA) is 55.4 Å². The van der Waals surface area contributed by atoms with Crippen molar-refractivity contribution in [2.75, 3.05) is 12.4 Å². The SMILES string of the molecule is COC(=O)CC(=O)Nc1ccc2cc(C)ccc2c1. The third kappa shape index (κ3) is 3.31. The molecule has 0 heterocycles. The molecule has 0 saturated carbocycles. The van der Waals surface area contributed by atoms with Gasteiger partial charge in [-0.05, 0) is 29.8 Å². The molecule has 98 valence electrons. The Bertz CT molecular complexity index is 634. The molecule has 2 rings (SSSR count). The molecule has 1 N–H and O–H groups in total. The minimum absolute atomic E-state index is 0.275. The number of rotatable bonds is 3. The fourth-order valence-corrected chi connectivity index (χ4v) is 1.85. The van der Waals surface area contributed by atoms with Gasteiger partial charge in [-0.15, -0.1) is 0 Å². The zero-order valence-corrected chi connectivity index (χ0v) is 10.9. The monoisotopic (exact) mass is 257 g/mol. The van der Waals surface area contributed by atoms with Crippen LogP contribution in [0.5, 0.6) is 0 Å². The summed E-state index contributed by atoms with van der Waals surface area (Å²) in [6.45, 7) is 2.03. The number of benzene rings is 2. The lowest BCUT2D eigenvalue weighted by molar-refractivity contribution is -0.142. The molecule has 1 amide bonds. The minimum Gasteiger partial charge on any atom is -0.469 e. The van der Waals surface area contributed by atoms with E-state index in [-0.39, 0.29) is 12.3 Å². The van der Waals surface area contributed by atoms with Gasteiger partial charge in [0, 0.05) is 5.69 Å².